The number of aliphatic carboxylic acids is 1. The molecule has 2 rings (SSSR count). The van der Waals surface area contributed by atoms with Crippen LogP contribution >= 0.6 is 0 Å². The molecule has 1 saturated carbocycles. The third kappa shape index (κ3) is 3.79. The van der Waals surface area contributed by atoms with Gasteiger partial charge in [-0.05, 0) is 37.0 Å². The Morgan fingerprint density at radius 3 is 2.52 bits per heavy atom. The second-order valence-corrected chi connectivity index (χ2v) is 5.65. The van der Waals surface area contributed by atoms with E-state index in [1.807, 2.05) is 0 Å². The largest absolute Gasteiger partial charge is 0.494 e. The van der Waals surface area contributed by atoms with Gasteiger partial charge in [-0.25, -0.2) is 9.18 Å². The van der Waals surface area contributed by atoms with Crippen LogP contribution in [0.15, 0.2) is 18.2 Å². The predicted molar refractivity (Wildman–Crippen MR) is 79.7 cm³/mol. The Labute approximate surface area is 133 Å². The maximum atomic E-state index is 13.8. The SMILES string of the molecule is COc1ccc(C(NC(=O)CC2(OC)CCC2)C(=O)O)cc1F. The molecule has 23 heavy (non-hydrogen) atoms. The topological polar surface area (TPSA) is 84.9 Å². The summed E-state index contributed by atoms with van der Waals surface area (Å²) in [6, 6.07) is 2.47. The van der Waals surface area contributed by atoms with Crippen LogP contribution in [-0.2, 0) is 14.3 Å². The Bertz CT molecular complexity index is 595. The normalized spacial score (nSPS) is 17.0. The Kier molecular flexibility index (Phi) is 5.20. The van der Waals surface area contributed by atoms with E-state index in [4.69, 9.17) is 9.47 Å². The molecule has 1 unspecified atom stereocenters. The Hall–Kier alpha value is -2.15. The number of rotatable bonds is 7. The zero-order chi connectivity index (χ0) is 17.0. The molecule has 6 nitrogen and oxygen atoms in total. The van der Waals surface area contributed by atoms with Gasteiger partial charge in [0, 0.05) is 7.11 Å². The highest BCUT2D eigenvalue weighted by atomic mass is 19.1. The van der Waals surface area contributed by atoms with Crippen molar-refractivity contribution in [1.29, 1.82) is 0 Å². The Morgan fingerprint density at radius 2 is 2.09 bits per heavy atom. The lowest BCUT2D eigenvalue weighted by atomic mass is 9.77. The van der Waals surface area contributed by atoms with Gasteiger partial charge in [0.25, 0.3) is 0 Å². The van der Waals surface area contributed by atoms with Gasteiger partial charge in [0.2, 0.25) is 5.91 Å². The van der Waals surface area contributed by atoms with Gasteiger partial charge >= 0.3 is 5.97 Å². The Balaban J connectivity index is 2.11. The van der Waals surface area contributed by atoms with E-state index in [-0.39, 0.29) is 17.7 Å². The number of amides is 1. The third-order valence-corrected chi connectivity index (χ3v) is 4.24. The fourth-order valence-corrected chi connectivity index (χ4v) is 2.68. The van der Waals surface area contributed by atoms with Gasteiger partial charge in [0.05, 0.1) is 19.1 Å². The lowest BCUT2D eigenvalue weighted by Gasteiger charge is -2.40. The van der Waals surface area contributed by atoms with Crippen LogP contribution in [-0.4, -0.2) is 36.8 Å². The summed E-state index contributed by atoms with van der Waals surface area (Å²) in [6.45, 7) is 0. The van der Waals surface area contributed by atoms with Crippen molar-refractivity contribution in [3.63, 3.8) is 0 Å². The van der Waals surface area contributed by atoms with Crippen molar-refractivity contribution in [2.24, 2.45) is 0 Å². The first kappa shape index (κ1) is 17.2. The van der Waals surface area contributed by atoms with Gasteiger partial charge in [-0.2, -0.15) is 0 Å². The van der Waals surface area contributed by atoms with Gasteiger partial charge in [-0.1, -0.05) is 6.07 Å². The molecule has 0 radical (unpaired) electrons. The van der Waals surface area contributed by atoms with E-state index < -0.39 is 29.3 Å². The highest BCUT2D eigenvalue weighted by Crippen LogP contribution is 2.38. The highest BCUT2D eigenvalue weighted by molar-refractivity contribution is 5.85. The molecule has 0 aromatic heterocycles. The van der Waals surface area contributed by atoms with E-state index in [2.05, 4.69) is 5.32 Å². The molecule has 0 bridgehead atoms. The van der Waals surface area contributed by atoms with Crippen LogP contribution < -0.4 is 10.1 Å². The first-order valence-corrected chi connectivity index (χ1v) is 7.31. The predicted octanol–water partition coefficient (Wildman–Crippen LogP) is 2.04. The molecule has 1 aromatic rings. The fraction of sp³-hybridized carbons (Fsp3) is 0.500. The molecule has 0 heterocycles. The summed E-state index contributed by atoms with van der Waals surface area (Å²) in [4.78, 5) is 23.6. The van der Waals surface area contributed by atoms with E-state index in [0.29, 0.717) is 0 Å². The summed E-state index contributed by atoms with van der Waals surface area (Å²) in [6.07, 6.45) is 2.61. The number of methoxy groups -OCH3 is 2. The minimum absolute atomic E-state index is 0.0111. The molecule has 1 amide bonds. The van der Waals surface area contributed by atoms with Crippen molar-refractivity contribution in [2.75, 3.05) is 14.2 Å². The van der Waals surface area contributed by atoms with Crippen LogP contribution in [0, 0.1) is 5.82 Å². The third-order valence-electron chi connectivity index (χ3n) is 4.24. The van der Waals surface area contributed by atoms with Crippen molar-refractivity contribution >= 4 is 11.9 Å². The molecule has 1 aliphatic rings. The van der Waals surface area contributed by atoms with Crippen LogP contribution in [0.25, 0.3) is 0 Å². The lowest BCUT2D eigenvalue weighted by Crippen LogP contribution is -2.45. The summed E-state index contributed by atoms with van der Waals surface area (Å²) in [5.41, 5.74) is -0.359. The number of ether oxygens (including phenoxy) is 2. The second-order valence-electron chi connectivity index (χ2n) is 5.65. The molecular formula is C16H20FNO5. The second kappa shape index (κ2) is 6.95. The molecule has 126 valence electrons. The van der Waals surface area contributed by atoms with Crippen molar-refractivity contribution in [3.8, 4) is 5.75 Å². The van der Waals surface area contributed by atoms with Crippen molar-refractivity contribution in [2.45, 2.75) is 37.3 Å². The molecule has 1 aliphatic carbocycles. The van der Waals surface area contributed by atoms with Crippen LogP contribution in [0.3, 0.4) is 0 Å². The average molecular weight is 325 g/mol. The number of benzene rings is 1. The zero-order valence-electron chi connectivity index (χ0n) is 13.1. The van der Waals surface area contributed by atoms with E-state index in [0.717, 1.165) is 25.3 Å². The van der Waals surface area contributed by atoms with Gasteiger partial charge < -0.3 is 19.9 Å². The van der Waals surface area contributed by atoms with Crippen molar-refractivity contribution in [1.82, 2.24) is 5.32 Å². The fourth-order valence-electron chi connectivity index (χ4n) is 2.68. The number of carbonyl (C=O) groups is 2. The van der Waals surface area contributed by atoms with E-state index in [1.54, 1.807) is 7.11 Å². The van der Waals surface area contributed by atoms with E-state index >= 15 is 0 Å². The number of carboxylic acids is 1. The van der Waals surface area contributed by atoms with E-state index in [9.17, 15) is 19.1 Å². The first-order valence-electron chi connectivity index (χ1n) is 7.31. The molecular weight excluding hydrogens is 305 g/mol. The molecule has 1 atom stereocenters. The standard InChI is InChI=1S/C16H20FNO5/c1-22-12-5-4-10(8-11(12)17)14(15(20)21)18-13(19)9-16(23-2)6-3-7-16/h4-5,8,14H,3,6-7,9H2,1-2H3,(H,18,19)(H,20,21). The Morgan fingerprint density at radius 1 is 1.39 bits per heavy atom. The van der Waals surface area contributed by atoms with Gasteiger partial charge in [0.1, 0.15) is 0 Å². The number of nitrogens with one attached hydrogen (secondary N) is 1. The highest BCUT2D eigenvalue weighted by Gasteiger charge is 2.39. The first-order chi connectivity index (χ1) is 10.9. The molecule has 1 aromatic carbocycles. The number of carbonyl (C=O) groups excluding carboxylic acids is 1. The summed E-state index contributed by atoms with van der Waals surface area (Å²) in [5.74, 6) is -2.37. The van der Waals surface area contributed by atoms with Crippen LogP contribution in [0.2, 0.25) is 0 Å². The van der Waals surface area contributed by atoms with E-state index in [1.165, 1.54) is 19.2 Å². The molecule has 1 fully saturated rings. The van der Waals surface area contributed by atoms with Gasteiger partial charge in [0.15, 0.2) is 17.6 Å². The number of hydrogen-bond acceptors (Lipinski definition) is 4. The smallest absolute Gasteiger partial charge is 0.330 e. The molecule has 2 N–H and O–H groups in total. The maximum absolute atomic E-state index is 13.8. The maximum Gasteiger partial charge on any atom is 0.330 e. The van der Waals surface area contributed by atoms with Gasteiger partial charge in [-0.3, -0.25) is 4.79 Å². The lowest BCUT2D eigenvalue weighted by molar-refractivity contribution is -0.145. The number of halogens is 1. The minimum atomic E-state index is -1.32. The molecule has 0 saturated heterocycles. The minimum Gasteiger partial charge on any atom is -0.494 e. The van der Waals surface area contributed by atoms with Crippen LogP contribution in [0.1, 0.15) is 37.3 Å². The monoisotopic (exact) mass is 325 g/mol. The summed E-state index contributed by atoms with van der Waals surface area (Å²) in [7, 11) is 2.86. The van der Waals surface area contributed by atoms with Crippen molar-refractivity contribution in [3.05, 3.63) is 29.6 Å². The summed E-state index contributed by atoms with van der Waals surface area (Å²) in [5, 5.41) is 11.7. The average Bonchev–Trinajstić information content (AvgIpc) is 2.48. The molecule has 0 aliphatic heterocycles. The van der Waals surface area contributed by atoms with Crippen molar-refractivity contribution < 1.29 is 28.6 Å². The van der Waals surface area contributed by atoms with Crippen LogP contribution in [0.4, 0.5) is 4.39 Å². The number of hydrogen-bond donors (Lipinski definition) is 2. The molecule has 7 heteroatoms. The quantitative estimate of drug-likeness (QED) is 0.801. The summed E-state index contributed by atoms with van der Waals surface area (Å²) < 4.78 is 23.9. The summed E-state index contributed by atoms with van der Waals surface area (Å²) >= 11 is 0. The van der Waals surface area contributed by atoms with Gasteiger partial charge in [-0.15, -0.1) is 0 Å². The zero-order valence-corrected chi connectivity index (χ0v) is 13.1. The number of carboxylic acid groups (broad SMARTS) is 1. The molecule has 0 spiro atoms. The van der Waals surface area contributed by atoms with Crippen LogP contribution in [0.5, 0.6) is 5.75 Å².